The smallest absolute Gasteiger partial charge is 0.343 e. The highest BCUT2D eigenvalue weighted by atomic mass is 16.5. The van der Waals surface area contributed by atoms with Gasteiger partial charge in [-0.2, -0.15) is 0 Å². The molecular formula is C18H19NO5. The van der Waals surface area contributed by atoms with Crippen molar-refractivity contribution in [3.05, 3.63) is 45.7 Å². The van der Waals surface area contributed by atoms with Gasteiger partial charge < -0.3 is 19.1 Å². The number of esters is 1. The van der Waals surface area contributed by atoms with Gasteiger partial charge in [0.2, 0.25) is 0 Å². The van der Waals surface area contributed by atoms with E-state index in [1.165, 1.54) is 13.2 Å². The Bertz CT molecular complexity index is 868. The first-order valence-corrected chi connectivity index (χ1v) is 7.79. The van der Waals surface area contributed by atoms with Crippen LogP contribution in [0.1, 0.15) is 35.8 Å². The molecule has 126 valence electrons. The fourth-order valence-corrected chi connectivity index (χ4v) is 3.09. The minimum Gasteiger partial charge on any atom is -0.504 e. The summed E-state index contributed by atoms with van der Waals surface area (Å²) in [7, 11) is 1.48. The largest absolute Gasteiger partial charge is 0.504 e. The molecule has 3 rings (SSSR count). The second-order valence-electron chi connectivity index (χ2n) is 5.80. The molecule has 1 unspecified atom stereocenters. The van der Waals surface area contributed by atoms with Crippen LogP contribution in [0.3, 0.4) is 0 Å². The summed E-state index contributed by atoms with van der Waals surface area (Å²) in [6, 6.07) is 4.86. The van der Waals surface area contributed by atoms with Crippen LogP contribution in [0.2, 0.25) is 0 Å². The van der Waals surface area contributed by atoms with Crippen molar-refractivity contribution >= 4 is 5.97 Å². The number of carbonyl (C=O) groups excluding carboxylic acids is 1. The number of fused-ring (bicyclic) bond motifs is 3. The maximum atomic E-state index is 12.4. The van der Waals surface area contributed by atoms with Crippen molar-refractivity contribution < 1.29 is 19.4 Å². The number of aromatic nitrogens is 1. The Hall–Kier alpha value is -2.76. The fraction of sp³-hybridized carbons (Fsp3) is 0.333. The first-order valence-electron chi connectivity index (χ1n) is 7.79. The van der Waals surface area contributed by atoms with E-state index in [4.69, 9.17) is 9.47 Å². The van der Waals surface area contributed by atoms with Crippen LogP contribution in [0.4, 0.5) is 0 Å². The van der Waals surface area contributed by atoms with Gasteiger partial charge in [-0.3, -0.25) is 4.79 Å². The molecular weight excluding hydrogens is 310 g/mol. The second kappa shape index (κ2) is 6.03. The number of rotatable bonds is 3. The molecule has 0 aliphatic carbocycles. The van der Waals surface area contributed by atoms with Crippen LogP contribution >= 0.6 is 0 Å². The number of phenolic OH excluding ortho intramolecular Hbond substituents is 1. The highest BCUT2D eigenvalue weighted by molar-refractivity contribution is 5.89. The van der Waals surface area contributed by atoms with Crippen LogP contribution in [-0.2, 0) is 11.2 Å². The van der Waals surface area contributed by atoms with E-state index in [2.05, 4.69) is 0 Å². The van der Waals surface area contributed by atoms with Gasteiger partial charge in [0.05, 0.1) is 19.4 Å². The van der Waals surface area contributed by atoms with Gasteiger partial charge in [-0.15, -0.1) is 0 Å². The third kappa shape index (κ3) is 2.54. The lowest BCUT2D eigenvalue weighted by molar-refractivity contribution is 0.0523. The summed E-state index contributed by atoms with van der Waals surface area (Å²) in [5, 5.41) is 9.98. The lowest BCUT2D eigenvalue weighted by Gasteiger charge is -2.29. The quantitative estimate of drug-likeness (QED) is 0.876. The van der Waals surface area contributed by atoms with Crippen LogP contribution in [0, 0.1) is 0 Å². The molecule has 24 heavy (non-hydrogen) atoms. The number of hydrogen-bond donors (Lipinski definition) is 1. The van der Waals surface area contributed by atoms with Gasteiger partial charge in [0.15, 0.2) is 16.9 Å². The number of methoxy groups -OCH3 is 1. The molecule has 1 aliphatic rings. The Morgan fingerprint density at radius 1 is 1.38 bits per heavy atom. The first kappa shape index (κ1) is 16.1. The Morgan fingerprint density at radius 2 is 2.12 bits per heavy atom. The van der Waals surface area contributed by atoms with Crippen LogP contribution in [0.5, 0.6) is 11.5 Å². The maximum Gasteiger partial charge on any atom is 0.343 e. The Morgan fingerprint density at radius 3 is 2.79 bits per heavy atom. The second-order valence-corrected chi connectivity index (χ2v) is 5.80. The number of ether oxygens (including phenoxy) is 2. The monoisotopic (exact) mass is 329 g/mol. The van der Waals surface area contributed by atoms with Gasteiger partial charge >= 0.3 is 5.97 Å². The molecule has 0 spiro atoms. The number of benzene rings is 1. The third-order valence-electron chi connectivity index (χ3n) is 4.25. The number of nitrogens with zero attached hydrogens (tertiary/aromatic N) is 1. The standard InChI is InChI=1S/C18H19NO5/c1-4-24-18(22)13-9-19-10(2)5-11-6-16(21)17(23-3)7-12(11)14(19)8-15(13)20/h6-10,21H,4-5H2,1-3H3. The lowest BCUT2D eigenvalue weighted by atomic mass is 9.92. The van der Waals surface area contributed by atoms with Crippen LogP contribution in [-0.4, -0.2) is 29.4 Å². The van der Waals surface area contributed by atoms with Crippen molar-refractivity contribution in [2.45, 2.75) is 26.3 Å². The van der Waals surface area contributed by atoms with E-state index in [1.54, 1.807) is 25.3 Å². The van der Waals surface area contributed by atoms with E-state index in [1.807, 2.05) is 11.5 Å². The molecule has 0 saturated carbocycles. The van der Waals surface area contributed by atoms with Crippen molar-refractivity contribution in [3.63, 3.8) is 0 Å². The lowest BCUT2D eigenvalue weighted by Crippen LogP contribution is -2.25. The van der Waals surface area contributed by atoms with E-state index in [9.17, 15) is 14.7 Å². The highest BCUT2D eigenvalue weighted by Gasteiger charge is 2.25. The Labute approximate surface area is 139 Å². The van der Waals surface area contributed by atoms with Gasteiger partial charge in [0.25, 0.3) is 0 Å². The van der Waals surface area contributed by atoms with Crippen LogP contribution < -0.4 is 10.2 Å². The van der Waals surface area contributed by atoms with E-state index < -0.39 is 5.97 Å². The molecule has 1 aromatic heterocycles. The first-order chi connectivity index (χ1) is 11.5. The van der Waals surface area contributed by atoms with Crippen LogP contribution in [0.25, 0.3) is 11.3 Å². The zero-order valence-corrected chi connectivity index (χ0v) is 13.8. The summed E-state index contributed by atoms with van der Waals surface area (Å²) in [6.45, 7) is 3.91. The molecule has 1 atom stereocenters. The molecule has 0 fully saturated rings. The van der Waals surface area contributed by atoms with Crippen molar-refractivity contribution in [1.82, 2.24) is 4.57 Å². The zero-order chi connectivity index (χ0) is 17.4. The van der Waals surface area contributed by atoms with Crippen molar-refractivity contribution in [2.24, 2.45) is 0 Å². The molecule has 1 aromatic carbocycles. The van der Waals surface area contributed by atoms with Crippen molar-refractivity contribution in [3.8, 4) is 22.8 Å². The number of pyridine rings is 1. The average molecular weight is 329 g/mol. The topological polar surface area (TPSA) is 77.8 Å². The molecule has 0 radical (unpaired) electrons. The summed E-state index contributed by atoms with van der Waals surface area (Å²) < 4.78 is 12.0. The normalized spacial score (nSPS) is 15.4. The number of phenols is 1. The zero-order valence-electron chi connectivity index (χ0n) is 13.8. The minimum atomic E-state index is -0.612. The molecule has 1 aliphatic heterocycles. The molecule has 2 heterocycles. The van der Waals surface area contributed by atoms with Gasteiger partial charge in [-0.1, -0.05) is 0 Å². The molecule has 6 heteroatoms. The molecule has 6 nitrogen and oxygen atoms in total. The molecule has 0 bridgehead atoms. The van der Waals surface area contributed by atoms with Gasteiger partial charge in [0, 0.05) is 23.9 Å². The number of carbonyl (C=O) groups is 1. The predicted molar refractivity (Wildman–Crippen MR) is 88.7 cm³/mol. The fourth-order valence-electron chi connectivity index (χ4n) is 3.09. The van der Waals surface area contributed by atoms with E-state index in [-0.39, 0.29) is 29.4 Å². The van der Waals surface area contributed by atoms with Gasteiger partial charge in [-0.25, -0.2) is 4.79 Å². The van der Waals surface area contributed by atoms with Crippen LogP contribution in [0.15, 0.2) is 29.2 Å². The van der Waals surface area contributed by atoms with Crippen molar-refractivity contribution in [1.29, 1.82) is 0 Å². The maximum absolute atomic E-state index is 12.4. The van der Waals surface area contributed by atoms with Crippen molar-refractivity contribution in [2.75, 3.05) is 13.7 Å². The summed E-state index contributed by atoms with van der Waals surface area (Å²) in [6.07, 6.45) is 2.23. The van der Waals surface area contributed by atoms with E-state index in [0.717, 1.165) is 11.1 Å². The summed E-state index contributed by atoms with van der Waals surface area (Å²) in [5.74, 6) is -0.196. The molecule has 0 amide bonds. The SMILES string of the molecule is CCOC(=O)c1cn2c(cc1=O)-c1cc(OC)c(O)cc1CC2C. The molecule has 2 aromatic rings. The van der Waals surface area contributed by atoms with E-state index in [0.29, 0.717) is 17.9 Å². The average Bonchev–Trinajstić information content (AvgIpc) is 2.54. The van der Waals surface area contributed by atoms with E-state index >= 15 is 0 Å². The highest BCUT2D eigenvalue weighted by Crippen LogP contribution is 2.40. The minimum absolute atomic E-state index is 0.0293. The summed E-state index contributed by atoms with van der Waals surface area (Å²) >= 11 is 0. The Balaban J connectivity index is 2.20. The summed E-state index contributed by atoms with van der Waals surface area (Å²) in [4.78, 5) is 24.3. The van der Waals surface area contributed by atoms with Gasteiger partial charge in [0.1, 0.15) is 5.56 Å². The third-order valence-corrected chi connectivity index (χ3v) is 4.25. The molecule has 0 saturated heterocycles. The summed E-state index contributed by atoms with van der Waals surface area (Å²) in [5.41, 5.74) is 2.09. The van der Waals surface area contributed by atoms with Gasteiger partial charge in [-0.05, 0) is 38.0 Å². The Kier molecular flexibility index (Phi) is 4.05. The molecule has 1 N–H and O–H groups in total. The number of aromatic hydroxyl groups is 1. The predicted octanol–water partition coefficient (Wildman–Crippen LogP) is 2.52. The number of hydrogen-bond acceptors (Lipinski definition) is 5.